The Morgan fingerprint density at radius 2 is 2.00 bits per heavy atom. The van der Waals surface area contributed by atoms with E-state index in [0.29, 0.717) is 6.54 Å². The Bertz CT molecular complexity index is 406. The van der Waals surface area contributed by atoms with Crippen molar-refractivity contribution < 1.29 is 15.0 Å². The van der Waals surface area contributed by atoms with Crippen LogP contribution in [0, 0.1) is 0 Å². The second-order valence-electron chi connectivity index (χ2n) is 3.98. The number of rotatable bonds is 2. The van der Waals surface area contributed by atoms with E-state index < -0.39 is 11.6 Å². The topological polar surface area (TPSA) is 60.8 Å². The van der Waals surface area contributed by atoms with Gasteiger partial charge in [0.1, 0.15) is 0 Å². The van der Waals surface area contributed by atoms with Gasteiger partial charge in [0.05, 0.1) is 6.54 Å². The molecule has 1 aliphatic rings. The summed E-state index contributed by atoms with van der Waals surface area (Å²) in [5.41, 5.74) is -0.673. The number of anilines is 1. The molecule has 1 atom stereocenters. The predicted molar refractivity (Wildman–Crippen MR) is 63.6 cm³/mol. The molecule has 1 heterocycles. The number of benzene rings is 1. The number of aliphatic carboxylic acids is 1. The first-order chi connectivity index (χ1) is 7.51. The lowest BCUT2D eigenvalue weighted by Gasteiger charge is -2.20. The molecule has 0 spiro atoms. The third-order valence-corrected chi connectivity index (χ3v) is 3.37. The minimum absolute atomic E-state index is 0.143. The molecule has 0 saturated carbocycles. The fraction of sp³-hybridized carbons (Fsp3) is 0.364. The molecule has 16 heavy (non-hydrogen) atoms. The zero-order valence-electron chi connectivity index (χ0n) is 8.56. The normalized spacial score (nSPS) is 24.8. The van der Waals surface area contributed by atoms with Crippen molar-refractivity contribution >= 4 is 27.6 Å². The highest BCUT2D eigenvalue weighted by Crippen LogP contribution is 2.27. The van der Waals surface area contributed by atoms with Crippen LogP contribution in [0.5, 0.6) is 0 Å². The molecule has 2 N–H and O–H groups in total. The Kier molecular flexibility index (Phi) is 2.90. The molecule has 1 aromatic carbocycles. The van der Waals surface area contributed by atoms with Crippen molar-refractivity contribution in [1.29, 1.82) is 0 Å². The molecule has 0 aromatic heterocycles. The van der Waals surface area contributed by atoms with Crippen molar-refractivity contribution in [3.8, 4) is 0 Å². The summed E-state index contributed by atoms with van der Waals surface area (Å²) >= 11 is 3.34. The molecule has 0 bridgehead atoms. The lowest BCUT2D eigenvalue weighted by molar-refractivity contribution is -0.156. The van der Waals surface area contributed by atoms with E-state index in [2.05, 4.69) is 15.9 Å². The lowest BCUT2D eigenvalue weighted by atomic mass is 10.0. The van der Waals surface area contributed by atoms with Crippen LogP contribution in [0.2, 0.25) is 0 Å². The maximum Gasteiger partial charge on any atom is 0.337 e. The average Bonchev–Trinajstić information content (AvgIpc) is 2.63. The van der Waals surface area contributed by atoms with Gasteiger partial charge in [-0.05, 0) is 24.3 Å². The quantitative estimate of drug-likeness (QED) is 0.864. The van der Waals surface area contributed by atoms with Crippen molar-refractivity contribution in [2.24, 2.45) is 0 Å². The van der Waals surface area contributed by atoms with E-state index in [4.69, 9.17) is 5.11 Å². The lowest BCUT2D eigenvalue weighted by Crippen LogP contribution is -2.41. The van der Waals surface area contributed by atoms with Crippen molar-refractivity contribution in [2.45, 2.75) is 12.0 Å². The van der Waals surface area contributed by atoms with E-state index in [9.17, 15) is 9.90 Å². The Hall–Kier alpha value is -1.07. The summed E-state index contributed by atoms with van der Waals surface area (Å²) in [6.07, 6.45) is 0.262. The van der Waals surface area contributed by atoms with Crippen LogP contribution in [-0.4, -0.2) is 34.9 Å². The van der Waals surface area contributed by atoms with Crippen LogP contribution < -0.4 is 4.90 Å². The second kappa shape index (κ2) is 4.07. The third-order valence-electron chi connectivity index (χ3n) is 2.84. The maximum atomic E-state index is 10.9. The summed E-state index contributed by atoms with van der Waals surface area (Å²) in [5, 5.41) is 18.7. The zero-order valence-corrected chi connectivity index (χ0v) is 10.1. The molecule has 86 valence electrons. The van der Waals surface area contributed by atoms with E-state index in [1.807, 2.05) is 29.2 Å². The van der Waals surface area contributed by atoms with Crippen LogP contribution in [0.3, 0.4) is 0 Å². The number of β-amino-alcohol motifs (C(OH)–C–C–N with tert-alkyl or cyclic N) is 1. The number of carboxylic acid groups (broad SMARTS) is 1. The molecule has 1 unspecified atom stereocenters. The van der Waals surface area contributed by atoms with Crippen LogP contribution >= 0.6 is 15.9 Å². The van der Waals surface area contributed by atoms with Gasteiger partial charge < -0.3 is 15.1 Å². The molecule has 1 aliphatic heterocycles. The summed E-state index contributed by atoms with van der Waals surface area (Å²) in [5.74, 6) is -1.15. The maximum absolute atomic E-state index is 10.9. The number of nitrogens with zero attached hydrogens (tertiary/aromatic N) is 1. The Morgan fingerprint density at radius 1 is 1.38 bits per heavy atom. The van der Waals surface area contributed by atoms with Crippen LogP contribution in [0.4, 0.5) is 5.69 Å². The standard InChI is InChI=1S/C11H12BrNO3/c12-8-1-3-9(4-2-8)13-6-5-11(16,7-13)10(14)15/h1-4,16H,5-7H2,(H,14,15). The van der Waals surface area contributed by atoms with Crippen LogP contribution in [-0.2, 0) is 4.79 Å². The molecule has 0 aliphatic carbocycles. The largest absolute Gasteiger partial charge is 0.479 e. The van der Waals surface area contributed by atoms with Gasteiger partial charge in [-0.1, -0.05) is 15.9 Å². The number of hydrogen-bond donors (Lipinski definition) is 2. The van der Waals surface area contributed by atoms with Crippen LogP contribution in [0.1, 0.15) is 6.42 Å². The van der Waals surface area contributed by atoms with Crippen LogP contribution in [0.25, 0.3) is 0 Å². The monoisotopic (exact) mass is 285 g/mol. The van der Waals surface area contributed by atoms with Crippen molar-refractivity contribution in [1.82, 2.24) is 0 Å². The van der Waals surface area contributed by atoms with Gasteiger partial charge in [0.25, 0.3) is 0 Å². The fourth-order valence-corrected chi connectivity index (χ4v) is 2.10. The number of carboxylic acids is 1. The second-order valence-corrected chi connectivity index (χ2v) is 4.90. The third kappa shape index (κ3) is 2.05. The minimum Gasteiger partial charge on any atom is -0.479 e. The number of halogens is 1. The van der Waals surface area contributed by atoms with E-state index in [1.54, 1.807) is 0 Å². The molecule has 0 radical (unpaired) electrons. The number of aliphatic hydroxyl groups is 1. The Balaban J connectivity index is 2.15. The molecule has 4 nitrogen and oxygen atoms in total. The molecule has 1 saturated heterocycles. The first-order valence-electron chi connectivity index (χ1n) is 4.97. The molecule has 2 rings (SSSR count). The van der Waals surface area contributed by atoms with Gasteiger partial charge in [-0.15, -0.1) is 0 Å². The first kappa shape index (κ1) is 11.4. The van der Waals surface area contributed by atoms with E-state index >= 15 is 0 Å². The van der Waals surface area contributed by atoms with Gasteiger partial charge in [-0.25, -0.2) is 4.79 Å². The minimum atomic E-state index is -1.60. The summed E-state index contributed by atoms with van der Waals surface area (Å²) in [4.78, 5) is 12.7. The SMILES string of the molecule is O=C(O)C1(O)CCN(c2ccc(Br)cc2)C1. The van der Waals surface area contributed by atoms with Crippen LogP contribution in [0.15, 0.2) is 28.7 Å². The molecular formula is C11H12BrNO3. The van der Waals surface area contributed by atoms with E-state index in [-0.39, 0.29) is 13.0 Å². The molecular weight excluding hydrogens is 274 g/mol. The average molecular weight is 286 g/mol. The van der Waals surface area contributed by atoms with Gasteiger partial charge in [-0.2, -0.15) is 0 Å². The van der Waals surface area contributed by atoms with Gasteiger partial charge >= 0.3 is 5.97 Å². The first-order valence-corrected chi connectivity index (χ1v) is 5.77. The van der Waals surface area contributed by atoms with E-state index in [1.165, 1.54) is 0 Å². The Morgan fingerprint density at radius 3 is 2.50 bits per heavy atom. The molecule has 0 amide bonds. The van der Waals surface area contributed by atoms with Gasteiger partial charge in [0.15, 0.2) is 5.60 Å². The summed E-state index contributed by atoms with van der Waals surface area (Å²) < 4.78 is 0.976. The summed E-state index contributed by atoms with van der Waals surface area (Å²) in [7, 11) is 0. The van der Waals surface area contributed by atoms with Crippen molar-refractivity contribution in [2.75, 3.05) is 18.0 Å². The molecule has 5 heteroatoms. The van der Waals surface area contributed by atoms with Gasteiger partial charge in [0.2, 0.25) is 0 Å². The summed E-state index contributed by atoms with van der Waals surface area (Å²) in [6.45, 7) is 0.703. The highest BCUT2D eigenvalue weighted by atomic mass is 79.9. The highest BCUT2D eigenvalue weighted by Gasteiger charge is 2.43. The fourth-order valence-electron chi connectivity index (χ4n) is 1.84. The number of hydrogen-bond acceptors (Lipinski definition) is 3. The predicted octanol–water partition coefficient (Wildman–Crippen LogP) is 1.47. The highest BCUT2D eigenvalue weighted by molar-refractivity contribution is 9.10. The smallest absolute Gasteiger partial charge is 0.337 e. The Labute approximate surface area is 102 Å². The summed E-state index contributed by atoms with van der Waals surface area (Å²) in [6, 6.07) is 7.59. The molecule has 1 fully saturated rings. The van der Waals surface area contributed by atoms with Gasteiger partial charge in [0, 0.05) is 23.1 Å². The number of carbonyl (C=O) groups is 1. The molecule has 1 aromatic rings. The van der Waals surface area contributed by atoms with Crippen molar-refractivity contribution in [3.05, 3.63) is 28.7 Å². The zero-order chi connectivity index (χ0) is 11.8. The van der Waals surface area contributed by atoms with Crippen molar-refractivity contribution in [3.63, 3.8) is 0 Å². The van der Waals surface area contributed by atoms with Gasteiger partial charge in [-0.3, -0.25) is 0 Å². The van der Waals surface area contributed by atoms with E-state index in [0.717, 1.165) is 10.2 Å².